The van der Waals surface area contributed by atoms with E-state index in [9.17, 15) is 0 Å². The third kappa shape index (κ3) is 7.70. The summed E-state index contributed by atoms with van der Waals surface area (Å²) in [5, 5.41) is 0. The molecular weight excluding hydrogens is 432 g/mol. The first-order valence-electron chi connectivity index (χ1n) is 13.7. The van der Waals surface area contributed by atoms with Crippen LogP contribution in [0.15, 0.2) is 79.4 Å². The summed E-state index contributed by atoms with van der Waals surface area (Å²) in [5.41, 5.74) is 11.2. The maximum absolute atomic E-state index is 4.59. The molecular formula is C36H48. The van der Waals surface area contributed by atoms with E-state index >= 15 is 0 Å². The van der Waals surface area contributed by atoms with Crippen LogP contribution in [0.2, 0.25) is 0 Å². The first-order chi connectivity index (χ1) is 16.8. The SMILES string of the molecule is C=C(CC)c1ccc(C2C=CC=C2[C@H](C)CC(=C)c2cc(CC(C)(C)C)cc(CC(C)(C)C)c2)cc1. The van der Waals surface area contributed by atoms with Gasteiger partial charge < -0.3 is 0 Å². The van der Waals surface area contributed by atoms with Gasteiger partial charge in [-0.3, -0.25) is 0 Å². The first kappa shape index (κ1) is 28.0. The number of benzene rings is 2. The fraction of sp³-hybridized carbons (Fsp3) is 0.444. The highest BCUT2D eigenvalue weighted by atomic mass is 14.3. The van der Waals surface area contributed by atoms with E-state index in [1.54, 1.807) is 0 Å². The van der Waals surface area contributed by atoms with Crippen LogP contribution in [0.4, 0.5) is 0 Å². The normalized spacial score (nSPS) is 16.7. The molecule has 0 radical (unpaired) electrons. The number of hydrogen-bond acceptors (Lipinski definition) is 0. The summed E-state index contributed by atoms with van der Waals surface area (Å²) < 4.78 is 0. The van der Waals surface area contributed by atoms with Crippen LogP contribution in [-0.4, -0.2) is 0 Å². The zero-order valence-electron chi connectivity index (χ0n) is 24.2. The zero-order valence-corrected chi connectivity index (χ0v) is 24.2. The minimum atomic E-state index is 0.263. The molecule has 0 N–H and O–H groups in total. The Balaban J connectivity index is 1.79. The van der Waals surface area contributed by atoms with Gasteiger partial charge in [-0.05, 0) is 81.4 Å². The van der Waals surface area contributed by atoms with Crippen molar-refractivity contribution >= 4 is 11.1 Å². The monoisotopic (exact) mass is 480 g/mol. The molecule has 0 spiro atoms. The number of allylic oxidation sites excluding steroid dienone is 6. The first-order valence-corrected chi connectivity index (χ1v) is 13.7. The van der Waals surface area contributed by atoms with E-state index in [0.29, 0.717) is 11.8 Å². The molecule has 2 aromatic carbocycles. The van der Waals surface area contributed by atoms with Gasteiger partial charge >= 0.3 is 0 Å². The zero-order chi connectivity index (χ0) is 26.7. The molecule has 36 heavy (non-hydrogen) atoms. The Morgan fingerprint density at radius 2 is 1.36 bits per heavy atom. The molecule has 1 unspecified atom stereocenters. The van der Waals surface area contributed by atoms with Crippen LogP contribution in [-0.2, 0) is 12.8 Å². The molecule has 1 aliphatic carbocycles. The Morgan fingerprint density at radius 3 is 1.86 bits per heavy atom. The molecule has 2 aromatic rings. The lowest BCUT2D eigenvalue weighted by molar-refractivity contribution is 0.405. The van der Waals surface area contributed by atoms with Crippen molar-refractivity contribution in [3.05, 3.63) is 107 Å². The second-order valence-corrected chi connectivity index (χ2v) is 13.3. The van der Waals surface area contributed by atoms with Gasteiger partial charge in [0.15, 0.2) is 0 Å². The molecule has 3 rings (SSSR count). The van der Waals surface area contributed by atoms with Crippen molar-refractivity contribution in [2.24, 2.45) is 16.7 Å². The Labute approximate surface area is 221 Å². The smallest absolute Gasteiger partial charge is 0.0237 e. The van der Waals surface area contributed by atoms with Crippen LogP contribution in [0.5, 0.6) is 0 Å². The molecule has 0 nitrogen and oxygen atoms in total. The highest BCUT2D eigenvalue weighted by Gasteiger charge is 2.23. The van der Waals surface area contributed by atoms with E-state index in [0.717, 1.165) is 25.7 Å². The summed E-state index contributed by atoms with van der Waals surface area (Å²) in [5.74, 6) is 0.778. The van der Waals surface area contributed by atoms with Crippen LogP contribution in [0, 0.1) is 16.7 Å². The quantitative estimate of drug-likeness (QED) is 0.335. The van der Waals surface area contributed by atoms with Crippen molar-refractivity contribution in [1.29, 1.82) is 0 Å². The third-order valence-electron chi connectivity index (χ3n) is 7.11. The summed E-state index contributed by atoms with van der Waals surface area (Å²) in [6.07, 6.45) is 11.0. The van der Waals surface area contributed by atoms with E-state index < -0.39 is 0 Å². The van der Waals surface area contributed by atoms with E-state index in [2.05, 4.69) is 129 Å². The van der Waals surface area contributed by atoms with Crippen LogP contribution in [0.3, 0.4) is 0 Å². The lowest BCUT2D eigenvalue weighted by Crippen LogP contribution is -2.13. The summed E-state index contributed by atoms with van der Waals surface area (Å²) in [6, 6.07) is 16.2. The minimum Gasteiger partial charge on any atom is -0.0952 e. The molecule has 0 bridgehead atoms. The predicted octanol–water partition coefficient (Wildman–Crippen LogP) is 10.6. The lowest BCUT2D eigenvalue weighted by Gasteiger charge is -2.24. The second-order valence-electron chi connectivity index (χ2n) is 13.3. The molecule has 0 amide bonds. The molecule has 2 atom stereocenters. The van der Waals surface area contributed by atoms with E-state index in [1.165, 1.54) is 44.5 Å². The standard InChI is InChI=1S/C36H48/c1-11-25(2)30-15-17-31(18-16-30)34-14-12-13-33(34)27(4)19-26(3)32-21-28(23-35(5,6)7)20-29(22-32)24-36(8,9)10/h12-18,20-22,27,34H,2-3,11,19,23-24H2,1,4-10H3/t27-,34?/m1/s1. The molecule has 0 heteroatoms. The topological polar surface area (TPSA) is 0 Å². The van der Waals surface area contributed by atoms with Crippen molar-refractivity contribution < 1.29 is 0 Å². The van der Waals surface area contributed by atoms with Crippen LogP contribution in [0.1, 0.15) is 102 Å². The molecule has 0 heterocycles. The van der Waals surface area contributed by atoms with Gasteiger partial charge in [-0.2, -0.15) is 0 Å². The third-order valence-corrected chi connectivity index (χ3v) is 7.11. The van der Waals surface area contributed by atoms with Crippen LogP contribution < -0.4 is 0 Å². The minimum absolute atomic E-state index is 0.263. The van der Waals surface area contributed by atoms with Crippen molar-refractivity contribution in [1.82, 2.24) is 0 Å². The Kier molecular flexibility index (Phi) is 8.71. The van der Waals surface area contributed by atoms with E-state index in [1.807, 2.05) is 0 Å². The molecule has 0 fully saturated rings. The average molecular weight is 481 g/mol. The number of rotatable bonds is 9. The van der Waals surface area contributed by atoms with Crippen LogP contribution >= 0.6 is 0 Å². The molecule has 0 aromatic heterocycles. The molecule has 0 saturated carbocycles. The van der Waals surface area contributed by atoms with Crippen molar-refractivity contribution in [3.8, 4) is 0 Å². The largest absolute Gasteiger partial charge is 0.0952 e. The van der Waals surface area contributed by atoms with E-state index in [-0.39, 0.29) is 10.8 Å². The van der Waals surface area contributed by atoms with E-state index in [4.69, 9.17) is 0 Å². The summed E-state index contributed by atoms with van der Waals surface area (Å²) in [4.78, 5) is 0. The van der Waals surface area contributed by atoms with Gasteiger partial charge in [0.25, 0.3) is 0 Å². The Morgan fingerprint density at radius 1 is 0.806 bits per heavy atom. The van der Waals surface area contributed by atoms with Gasteiger partial charge in [0.2, 0.25) is 0 Å². The van der Waals surface area contributed by atoms with Crippen LogP contribution in [0.25, 0.3) is 11.1 Å². The predicted molar refractivity (Wildman–Crippen MR) is 161 cm³/mol. The average Bonchev–Trinajstić information content (AvgIpc) is 3.26. The van der Waals surface area contributed by atoms with Gasteiger partial charge in [-0.15, -0.1) is 0 Å². The molecule has 1 aliphatic rings. The Hall–Kier alpha value is -2.60. The highest BCUT2D eigenvalue weighted by Crippen LogP contribution is 2.39. The van der Waals surface area contributed by atoms with Gasteiger partial charge in [0.1, 0.15) is 0 Å². The maximum Gasteiger partial charge on any atom is 0.0237 e. The Bertz CT molecular complexity index is 1100. The number of hydrogen-bond donors (Lipinski definition) is 0. The van der Waals surface area contributed by atoms with Crippen molar-refractivity contribution in [3.63, 3.8) is 0 Å². The molecule has 0 saturated heterocycles. The highest BCUT2D eigenvalue weighted by molar-refractivity contribution is 5.66. The fourth-order valence-electron chi connectivity index (χ4n) is 5.40. The van der Waals surface area contributed by atoms with Gasteiger partial charge in [0, 0.05) is 5.92 Å². The van der Waals surface area contributed by atoms with Gasteiger partial charge in [-0.1, -0.05) is 135 Å². The lowest BCUT2D eigenvalue weighted by atomic mass is 9.80. The molecule has 0 aliphatic heterocycles. The fourth-order valence-corrected chi connectivity index (χ4v) is 5.40. The second kappa shape index (κ2) is 11.2. The van der Waals surface area contributed by atoms with Gasteiger partial charge in [0.05, 0.1) is 0 Å². The van der Waals surface area contributed by atoms with Crippen molar-refractivity contribution in [2.45, 2.75) is 87.0 Å². The summed E-state index contributed by atoms with van der Waals surface area (Å²) >= 11 is 0. The van der Waals surface area contributed by atoms with Gasteiger partial charge in [-0.25, -0.2) is 0 Å². The summed E-state index contributed by atoms with van der Waals surface area (Å²) in [6.45, 7) is 27.2. The maximum atomic E-state index is 4.59. The van der Waals surface area contributed by atoms with Crippen molar-refractivity contribution in [2.75, 3.05) is 0 Å². The summed E-state index contributed by atoms with van der Waals surface area (Å²) in [7, 11) is 0. The molecule has 192 valence electrons.